The van der Waals surface area contributed by atoms with Crippen LogP contribution >= 0.6 is 0 Å². The molecule has 1 aliphatic heterocycles. The van der Waals surface area contributed by atoms with Gasteiger partial charge in [0.15, 0.2) is 12.8 Å². The van der Waals surface area contributed by atoms with E-state index < -0.39 is 0 Å². The summed E-state index contributed by atoms with van der Waals surface area (Å²) >= 11 is 0. The number of guanidine groups is 1. The second-order valence-corrected chi connectivity index (χ2v) is 6.71. The Morgan fingerprint density at radius 3 is 2.77 bits per heavy atom. The molecule has 2 aromatic rings. The Hall–Kier alpha value is -3.00. The molecule has 0 atom stereocenters. The van der Waals surface area contributed by atoms with Gasteiger partial charge in [0.05, 0.1) is 27.4 Å². The number of methoxy groups -OCH3 is 2. The summed E-state index contributed by atoms with van der Waals surface area (Å²) in [6.07, 6.45) is 0.594. The van der Waals surface area contributed by atoms with E-state index in [1.807, 2.05) is 25.1 Å². The first-order chi connectivity index (χ1) is 14.6. The van der Waals surface area contributed by atoms with Gasteiger partial charge >= 0.3 is 0 Å². The highest BCUT2D eigenvalue weighted by molar-refractivity contribution is 5.79. The Balaban J connectivity index is 1.65. The van der Waals surface area contributed by atoms with Gasteiger partial charge in [-0.1, -0.05) is 0 Å². The molecule has 162 valence electrons. The molecule has 0 amide bonds. The molecule has 0 aromatic heterocycles. The first-order valence-corrected chi connectivity index (χ1v) is 9.89. The van der Waals surface area contributed by atoms with Crippen LogP contribution in [-0.2, 0) is 24.3 Å². The van der Waals surface area contributed by atoms with E-state index >= 15 is 0 Å². The highest BCUT2D eigenvalue weighted by Crippen LogP contribution is 2.29. The third-order valence-corrected chi connectivity index (χ3v) is 4.68. The van der Waals surface area contributed by atoms with Crippen LogP contribution in [0.25, 0.3) is 0 Å². The van der Waals surface area contributed by atoms with Crippen molar-refractivity contribution in [3.63, 3.8) is 0 Å². The Morgan fingerprint density at radius 1 is 1.13 bits per heavy atom. The maximum absolute atomic E-state index is 13.9. The van der Waals surface area contributed by atoms with Crippen LogP contribution in [0.2, 0.25) is 0 Å². The van der Waals surface area contributed by atoms with E-state index in [2.05, 4.69) is 15.6 Å². The number of nitrogens with zero attached hydrogens (tertiary/aromatic N) is 1. The molecule has 8 heteroatoms. The highest BCUT2D eigenvalue weighted by atomic mass is 19.1. The monoisotopic (exact) mass is 417 g/mol. The van der Waals surface area contributed by atoms with Gasteiger partial charge in [0.2, 0.25) is 0 Å². The minimum atomic E-state index is -0.287. The van der Waals surface area contributed by atoms with Gasteiger partial charge < -0.3 is 29.6 Å². The maximum atomic E-state index is 13.9. The number of hydrogen-bond acceptors (Lipinski definition) is 5. The summed E-state index contributed by atoms with van der Waals surface area (Å²) in [5, 5.41) is 6.51. The van der Waals surface area contributed by atoms with E-state index in [0.717, 1.165) is 34.7 Å². The summed E-state index contributed by atoms with van der Waals surface area (Å²) < 4.78 is 35.4. The first kappa shape index (κ1) is 21.7. The molecule has 0 unspecified atom stereocenters. The lowest BCUT2D eigenvalue weighted by atomic mass is 10.1. The third kappa shape index (κ3) is 5.54. The predicted octanol–water partition coefficient (Wildman–Crippen LogP) is 3.01. The SMILES string of the molecule is CCNC(=NCc1ccc(OC)cc1OC)NCCc1cc(F)cc2c1OCOC2. The molecule has 0 spiro atoms. The standard InChI is InChI=1S/C22H28FN3O4/c1-4-24-22(26-12-16-5-6-19(27-2)11-20(16)28-3)25-8-7-15-9-18(23)10-17-13-29-14-30-21(15)17/h5-6,9-11H,4,7-8,12-14H2,1-3H3,(H2,24,25,26). The number of fused-ring (bicyclic) bond motifs is 1. The zero-order chi connectivity index (χ0) is 21.3. The molecule has 0 fully saturated rings. The minimum Gasteiger partial charge on any atom is -0.497 e. The Morgan fingerprint density at radius 2 is 2.00 bits per heavy atom. The second kappa shape index (κ2) is 10.7. The van der Waals surface area contributed by atoms with Gasteiger partial charge in [0.1, 0.15) is 23.1 Å². The van der Waals surface area contributed by atoms with Gasteiger partial charge in [-0.3, -0.25) is 0 Å². The summed E-state index contributed by atoms with van der Waals surface area (Å²) in [5.74, 6) is 2.56. The van der Waals surface area contributed by atoms with Crippen LogP contribution in [0.1, 0.15) is 23.6 Å². The molecule has 1 heterocycles. The minimum absolute atomic E-state index is 0.187. The van der Waals surface area contributed by atoms with Crippen molar-refractivity contribution in [2.75, 3.05) is 34.1 Å². The fourth-order valence-corrected chi connectivity index (χ4v) is 3.25. The molecule has 30 heavy (non-hydrogen) atoms. The van der Waals surface area contributed by atoms with Crippen LogP contribution in [0.15, 0.2) is 35.3 Å². The smallest absolute Gasteiger partial charge is 0.191 e. The van der Waals surface area contributed by atoms with Gasteiger partial charge in [-0.2, -0.15) is 0 Å². The molecular formula is C22H28FN3O4. The summed E-state index contributed by atoms with van der Waals surface area (Å²) in [6.45, 7) is 4.29. The van der Waals surface area contributed by atoms with E-state index in [1.165, 1.54) is 12.1 Å². The molecule has 7 nitrogen and oxygen atoms in total. The van der Waals surface area contributed by atoms with Crippen molar-refractivity contribution in [1.29, 1.82) is 0 Å². The number of benzene rings is 2. The number of aliphatic imine (C=N–C) groups is 1. The summed E-state index contributed by atoms with van der Waals surface area (Å²) in [7, 11) is 3.24. The lowest BCUT2D eigenvalue weighted by Crippen LogP contribution is -2.38. The van der Waals surface area contributed by atoms with E-state index in [9.17, 15) is 4.39 Å². The molecule has 2 N–H and O–H groups in total. The van der Waals surface area contributed by atoms with E-state index in [4.69, 9.17) is 18.9 Å². The Labute approximate surface area is 176 Å². The van der Waals surface area contributed by atoms with E-state index in [0.29, 0.717) is 37.8 Å². The number of nitrogens with one attached hydrogen (secondary N) is 2. The van der Waals surface area contributed by atoms with E-state index in [-0.39, 0.29) is 12.6 Å². The average molecular weight is 417 g/mol. The molecule has 1 aliphatic rings. The van der Waals surface area contributed by atoms with Gasteiger partial charge in [-0.15, -0.1) is 0 Å². The lowest BCUT2D eigenvalue weighted by molar-refractivity contribution is -0.0172. The molecule has 0 radical (unpaired) electrons. The maximum Gasteiger partial charge on any atom is 0.191 e. The van der Waals surface area contributed by atoms with Gasteiger partial charge in [-0.25, -0.2) is 9.38 Å². The van der Waals surface area contributed by atoms with Crippen molar-refractivity contribution in [3.8, 4) is 17.2 Å². The fraction of sp³-hybridized carbons (Fsp3) is 0.409. The number of ether oxygens (including phenoxy) is 4. The van der Waals surface area contributed by atoms with Gasteiger partial charge in [0, 0.05) is 30.3 Å². The summed E-state index contributed by atoms with van der Waals surface area (Å²) in [6, 6.07) is 8.62. The van der Waals surface area contributed by atoms with Crippen molar-refractivity contribution in [1.82, 2.24) is 10.6 Å². The van der Waals surface area contributed by atoms with Crippen molar-refractivity contribution < 1.29 is 23.3 Å². The fourth-order valence-electron chi connectivity index (χ4n) is 3.25. The van der Waals surface area contributed by atoms with Crippen LogP contribution in [0.4, 0.5) is 4.39 Å². The van der Waals surface area contributed by atoms with Crippen molar-refractivity contribution in [3.05, 3.63) is 52.8 Å². The number of hydrogen-bond donors (Lipinski definition) is 2. The normalized spacial score (nSPS) is 13.3. The third-order valence-electron chi connectivity index (χ3n) is 4.68. The molecule has 3 rings (SSSR count). The van der Waals surface area contributed by atoms with Crippen molar-refractivity contribution in [2.24, 2.45) is 4.99 Å². The number of halogens is 1. The largest absolute Gasteiger partial charge is 0.497 e. The molecule has 0 bridgehead atoms. The van der Waals surface area contributed by atoms with Crippen LogP contribution in [0.3, 0.4) is 0 Å². The van der Waals surface area contributed by atoms with Crippen LogP contribution in [-0.4, -0.2) is 40.1 Å². The van der Waals surface area contributed by atoms with Crippen molar-refractivity contribution >= 4 is 5.96 Å². The van der Waals surface area contributed by atoms with Gasteiger partial charge in [0.25, 0.3) is 0 Å². The van der Waals surface area contributed by atoms with Crippen LogP contribution in [0, 0.1) is 5.82 Å². The molecular weight excluding hydrogens is 389 g/mol. The van der Waals surface area contributed by atoms with Crippen molar-refractivity contribution in [2.45, 2.75) is 26.5 Å². The quantitative estimate of drug-likeness (QED) is 0.508. The first-order valence-electron chi connectivity index (χ1n) is 9.89. The van der Waals surface area contributed by atoms with E-state index in [1.54, 1.807) is 14.2 Å². The Bertz CT molecular complexity index is 889. The zero-order valence-electron chi connectivity index (χ0n) is 17.6. The van der Waals surface area contributed by atoms with Crippen LogP contribution < -0.4 is 24.8 Å². The summed E-state index contributed by atoms with van der Waals surface area (Å²) in [4.78, 5) is 4.63. The zero-order valence-corrected chi connectivity index (χ0v) is 17.6. The average Bonchev–Trinajstić information content (AvgIpc) is 2.77. The van der Waals surface area contributed by atoms with Crippen LogP contribution in [0.5, 0.6) is 17.2 Å². The predicted molar refractivity (Wildman–Crippen MR) is 113 cm³/mol. The molecule has 0 saturated carbocycles. The second-order valence-electron chi connectivity index (χ2n) is 6.71. The number of rotatable bonds is 8. The summed E-state index contributed by atoms with van der Waals surface area (Å²) in [5.41, 5.74) is 2.50. The van der Waals surface area contributed by atoms with Gasteiger partial charge in [-0.05, 0) is 43.2 Å². The molecule has 2 aromatic carbocycles. The Kier molecular flexibility index (Phi) is 7.73. The molecule has 0 saturated heterocycles. The lowest BCUT2D eigenvalue weighted by Gasteiger charge is -2.21. The molecule has 0 aliphatic carbocycles. The topological polar surface area (TPSA) is 73.3 Å². The highest BCUT2D eigenvalue weighted by Gasteiger charge is 2.16.